The monoisotopic (exact) mass is 330 g/mol. The molecule has 0 spiro atoms. The summed E-state index contributed by atoms with van der Waals surface area (Å²) in [6, 6.07) is 7.69. The van der Waals surface area contributed by atoms with Gasteiger partial charge in [0.05, 0.1) is 5.75 Å². The Morgan fingerprint density at radius 3 is 2.62 bits per heavy atom. The van der Waals surface area contributed by atoms with Crippen LogP contribution in [0.1, 0.15) is 31.9 Å². The maximum absolute atomic E-state index is 12.2. The standard InChI is InChI=1S/C15H26N2O2S2/c1-4-16-10-14-7-6-8-15(9-14)12-21(18,19)17-13(3)11-20-5-2/h6-9,13,16-17H,4-5,10-12H2,1-3H3. The number of nitrogens with one attached hydrogen (secondary N) is 2. The van der Waals surface area contributed by atoms with Gasteiger partial charge in [0.2, 0.25) is 10.0 Å². The third kappa shape index (κ3) is 7.85. The van der Waals surface area contributed by atoms with Gasteiger partial charge in [0.1, 0.15) is 0 Å². The molecule has 1 aromatic rings. The van der Waals surface area contributed by atoms with Crippen LogP contribution in [-0.4, -0.2) is 32.5 Å². The highest BCUT2D eigenvalue weighted by Gasteiger charge is 2.15. The van der Waals surface area contributed by atoms with Gasteiger partial charge in [0.25, 0.3) is 0 Å². The van der Waals surface area contributed by atoms with Gasteiger partial charge >= 0.3 is 0 Å². The normalized spacial score (nSPS) is 13.3. The van der Waals surface area contributed by atoms with Gasteiger partial charge in [-0.2, -0.15) is 11.8 Å². The molecule has 0 bridgehead atoms. The van der Waals surface area contributed by atoms with Crippen LogP contribution in [0.15, 0.2) is 24.3 Å². The van der Waals surface area contributed by atoms with Crippen molar-refractivity contribution < 1.29 is 8.42 Å². The third-order valence-corrected chi connectivity index (χ3v) is 5.50. The molecule has 120 valence electrons. The van der Waals surface area contributed by atoms with Crippen LogP contribution < -0.4 is 10.0 Å². The van der Waals surface area contributed by atoms with Crippen LogP contribution in [0.5, 0.6) is 0 Å². The predicted octanol–water partition coefficient (Wildman–Crippen LogP) is 2.36. The van der Waals surface area contributed by atoms with E-state index in [4.69, 9.17) is 0 Å². The zero-order valence-corrected chi connectivity index (χ0v) is 14.7. The van der Waals surface area contributed by atoms with Gasteiger partial charge in [0, 0.05) is 18.3 Å². The highest BCUT2D eigenvalue weighted by molar-refractivity contribution is 7.99. The zero-order valence-electron chi connectivity index (χ0n) is 13.1. The summed E-state index contributed by atoms with van der Waals surface area (Å²) in [5.41, 5.74) is 1.94. The van der Waals surface area contributed by atoms with E-state index >= 15 is 0 Å². The molecule has 6 heteroatoms. The molecule has 1 atom stereocenters. The van der Waals surface area contributed by atoms with Crippen LogP contribution in [-0.2, 0) is 22.3 Å². The second kappa shape index (κ2) is 9.46. The Balaban J connectivity index is 2.62. The van der Waals surface area contributed by atoms with E-state index in [-0.39, 0.29) is 11.8 Å². The van der Waals surface area contributed by atoms with Crippen LogP contribution in [0.3, 0.4) is 0 Å². The third-order valence-electron chi connectivity index (χ3n) is 2.88. The molecule has 1 unspecified atom stereocenters. The molecule has 1 aromatic carbocycles. The lowest BCUT2D eigenvalue weighted by atomic mass is 10.1. The van der Waals surface area contributed by atoms with E-state index < -0.39 is 10.0 Å². The Morgan fingerprint density at radius 2 is 1.95 bits per heavy atom. The lowest BCUT2D eigenvalue weighted by Crippen LogP contribution is -2.35. The maximum atomic E-state index is 12.2. The number of sulfonamides is 1. The fraction of sp³-hybridized carbons (Fsp3) is 0.600. The SMILES string of the molecule is CCNCc1cccc(CS(=O)(=O)NC(C)CSCC)c1. The largest absolute Gasteiger partial charge is 0.313 e. The first-order valence-electron chi connectivity index (χ1n) is 7.33. The fourth-order valence-corrected chi connectivity index (χ4v) is 4.17. The number of thioether (sulfide) groups is 1. The first kappa shape index (κ1) is 18.5. The molecular weight excluding hydrogens is 304 g/mol. The Hall–Kier alpha value is -0.560. The van der Waals surface area contributed by atoms with E-state index in [1.807, 2.05) is 38.1 Å². The molecule has 0 saturated heterocycles. The number of benzene rings is 1. The van der Waals surface area contributed by atoms with E-state index in [9.17, 15) is 8.42 Å². The van der Waals surface area contributed by atoms with Crippen LogP contribution in [0.2, 0.25) is 0 Å². The highest BCUT2D eigenvalue weighted by Crippen LogP contribution is 2.10. The smallest absolute Gasteiger partial charge is 0.216 e. The van der Waals surface area contributed by atoms with Crippen molar-refractivity contribution in [1.82, 2.24) is 10.0 Å². The Labute approximate surface area is 133 Å². The molecule has 21 heavy (non-hydrogen) atoms. The van der Waals surface area contributed by atoms with Crippen LogP contribution in [0.4, 0.5) is 0 Å². The summed E-state index contributed by atoms with van der Waals surface area (Å²) in [7, 11) is -3.29. The number of rotatable bonds is 10. The summed E-state index contributed by atoms with van der Waals surface area (Å²) in [5, 5.41) is 3.24. The lowest BCUT2D eigenvalue weighted by Gasteiger charge is -2.14. The van der Waals surface area contributed by atoms with Crippen molar-refractivity contribution >= 4 is 21.8 Å². The summed E-state index contributed by atoms with van der Waals surface area (Å²) in [6.45, 7) is 7.69. The molecule has 1 rings (SSSR count). The maximum Gasteiger partial charge on any atom is 0.216 e. The molecule has 0 aliphatic rings. The van der Waals surface area contributed by atoms with Crippen molar-refractivity contribution in [2.24, 2.45) is 0 Å². The zero-order chi connectivity index (χ0) is 15.7. The van der Waals surface area contributed by atoms with E-state index in [1.165, 1.54) is 0 Å². The van der Waals surface area contributed by atoms with Gasteiger partial charge in [0.15, 0.2) is 0 Å². The average molecular weight is 331 g/mol. The summed E-state index contributed by atoms with van der Waals surface area (Å²) in [4.78, 5) is 0. The van der Waals surface area contributed by atoms with Crippen molar-refractivity contribution in [2.45, 2.75) is 39.1 Å². The van der Waals surface area contributed by atoms with Gasteiger partial charge < -0.3 is 5.32 Å². The molecule has 2 N–H and O–H groups in total. The Morgan fingerprint density at radius 1 is 1.24 bits per heavy atom. The summed E-state index contributed by atoms with van der Waals surface area (Å²) in [6.07, 6.45) is 0. The molecule has 0 amide bonds. The van der Waals surface area contributed by atoms with Gasteiger partial charge in [-0.05, 0) is 30.3 Å². The quantitative estimate of drug-likeness (QED) is 0.691. The minimum Gasteiger partial charge on any atom is -0.313 e. The van der Waals surface area contributed by atoms with Gasteiger partial charge in [-0.1, -0.05) is 38.1 Å². The molecule has 0 heterocycles. The number of hydrogen-bond donors (Lipinski definition) is 2. The Bertz CT molecular complexity index is 518. The molecule has 4 nitrogen and oxygen atoms in total. The van der Waals surface area contributed by atoms with Gasteiger partial charge in [-0.15, -0.1) is 0 Å². The van der Waals surface area contributed by atoms with Gasteiger partial charge in [-0.3, -0.25) is 0 Å². The van der Waals surface area contributed by atoms with Gasteiger partial charge in [-0.25, -0.2) is 13.1 Å². The topological polar surface area (TPSA) is 58.2 Å². The van der Waals surface area contributed by atoms with Crippen LogP contribution in [0, 0.1) is 0 Å². The summed E-state index contributed by atoms with van der Waals surface area (Å²) >= 11 is 1.74. The van der Waals surface area contributed by atoms with E-state index in [0.717, 1.165) is 35.7 Å². The minimum absolute atomic E-state index is 0.0358. The second-order valence-corrected chi connectivity index (χ2v) is 8.11. The van der Waals surface area contributed by atoms with E-state index in [2.05, 4.69) is 17.0 Å². The van der Waals surface area contributed by atoms with Crippen LogP contribution in [0.25, 0.3) is 0 Å². The average Bonchev–Trinajstić information content (AvgIpc) is 2.42. The van der Waals surface area contributed by atoms with E-state index in [0.29, 0.717) is 0 Å². The van der Waals surface area contributed by atoms with Crippen molar-refractivity contribution in [1.29, 1.82) is 0 Å². The number of hydrogen-bond acceptors (Lipinski definition) is 4. The first-order valence-corrected chi connectivity index (χ1v) is 10.1. The molecule has 0 aromatic heterocycles. The first-order chi connectivity index (χ1) is 9.96. The fourth-order valence-electron chi connectivity index (χ4n) is 1.99. The van der Waals surface area contributed by atoms with Crippen molar-refractivity contribution in [2.75, 3.05) is 18.1 Å². The van der Waals surface area contributed by atoms with Crippen molar-refractivity contribution in [3.05, 3.63) is 35.4 Å². The van der Waals surface area contributed by atoms with Crippen LogP contribution >= 0.6 is 11.8 Å². The highest BCUT2D eigenvalue weighted by atomic mass is 32.2. The van der Waals surface area contributed by atoms with Crippen molar-refractivity contribution in [3.63, 3.8) is 0 Å². The lowest BCUT2D eigenvalue weighted by molar-refractivity contribution is 0.570. The van der Waals surface area contributed by atoms with E-state index in [1.54, 1.807) is 11.8 Å². The molecule has 0 radical (unpaired) electrons. The Kier molecular flexibility index (Phi) is 8.33. The second-order valence-electron chi connectivity index (χ2n) is 5.04. The molecular formula is C15H26N2O2S2. The molecule has 0 saturated carbocycles. The molecule has 0 aliphatic carbocycles. The molecule has 0 aliphatic heterocycles. The van der Waals surface area contributed by atoms with Crippen molar-refractivity contribution in [3.8, 4) is 0 Å². The molecule has 0 fully saturated rings. The summed E-state index contributed by atoms with van der Waals surface area (Å²) < 4.78 is 27.1. The summed E-state index contributed by atoms with van der Waals surface area (Å²) in [5.74, 6) is 1.84. The predicted molar refractivity (Wildman–Crippen MR) is 92.0 cm³/mol. The minimum atomic E-state index is -3.29.